The summed E-state index contributed by atoms with van der Waals surface area (Å²) in [6, 6.07) is 17.3. The minimum Gasteiger partial charge on any atom is -0.457 e. The minimum absolute atomic E-state index is 0.0212. The first-order valence-corrected chi connectivity index (χ1v) is 14.3. The number of hydrogen-bond donors (Lipinski definition) is 2. The summed E-state index contributed by atoms with van der Waals surface area (Å²) in [7, 11) is 0. The van der Waals surface area contributed by atoms with Crippen molar-refractivity contribution in [1.29, 1.82) is 0 Å². The molecule has 0 heterocycles. The smallest absolute Gasteiger partial charge is 0.342 e. The van der Waals surface area contributed by atoms with Crippen molar-refractivity contribution in [3.63, 3.8) is 0 Å². The van der Waals surface area contributed by atoms with Crippen LogP contribution in [-0.4, -0.2) is 50.6 Å². The SMILES string of the molecule is O=C(OCC1=CC=CC(CO)(CNCCCCCCOCCCCc2ccccc2)C1)c1ccccc1OCl. The first kappa shape index (κ1) is 30.9. The van der Waals surface area contributed by atoms with E-state index >= 15 is 0 Å². The van der Waals surface area contributed by atoms with Crippen molar-refractivity contribution in [2.45, 2.75) is 51.4 Å². The number of carbonyl (C=O) groups is 1. The molecule has 0 bridgehead atoms. The van der Waals surface area contributed by atoms with Crippen LogP contribution in [0.15, 0.2) is 78.4 Å². The molecule has 1 aliphatic carbocycles. The van der Waals surface area contributed by atoms with Gasteiger partial charge in [0.25, 0.3) is 0 Å². The Morgan fingerprint density at radius 2 is 1.69 bits per heavy atom. The van der Waals surface area contributed by atoms with Gasteiger partial charge in [0.05, 0.1) is 6.61 Å². The van der Waals surface area contributed by atoms with E-state index in [0.29, 0.717) is 13.0 Å². The van der Waals surface area contributed by atoms with Gasteiger partial charge in [-0.15, -0.1) is 0 Å². The average Bonchev–Trinajstić information content (AvgIpc) is 2.99. The zero-order valence-electron chi connectivity index (χ0n) is 22.8. The van der Waals surface area contributed by atoms with Gasteiger partial charge in [0.1, 0.15) is 24.0 Å². The van der Waals surface area contributed by atoms with Gasteiger partial charge in [0.2, 0.25) is 0 Å². The molecule has 7 heteroatoms. The number of hydrogen-bond acceptors (Lipinski definition) is 6. The number of unbranched alkanes of at least 4 members (excludes halogenated alkanes) is 4. The van der Waals surface area contributed by atoms with Crippen molar-refractivity contribution in [2.24, 2.45) is 5.41 Å². The zero-order valence-corrected chi connectivity index (χ0v) is 23.5. The highest BCUT2D eigenvalue weighted by Gasteiger charge is 2.29. The van der Waals surface area contributed by atoms with E-state index < -0.39 is 11.4 Å². The van der Waals surface area contributed by atoms with Crippen molar-refractivity contribution < 1.29 is 23.7 Å². The number of aliphatic hydroxyl groups is 1. The van der Waals surface area contributed by atoms with Crippen molar-refractivity contribution >= 4 is 17.8 Å². The number of esters is 1. The fourth-order valence-corrected chi connectivity index (χ4v) is 4.84. The van der Waals surface area contributed by atoms with Gasteiger partial charge in [-0.05, 0) is 68.3 Å². The monoisotopic (exact) mass is 555 g/mol. The maximum absolute atomic E-state index is 12.5. The third-order valence-electron chi connectivity index (χ3n) is 6.97. The molecule has 0 saturated heterocycles. The highest BCUT2D eigenvalue weighted by Crippen LogP contribution is 2.31. The number of aryl methyl sites for hydroxylation is 1. The number of ether oxygens (including phenoxy) is 2. The van der Waals surface area contributed by atoms with Gasteiger partial charge in [-0.1, -0.05) is 73.5 Å². The van der Waals surface area contributed by atoms with E-state index in [2.05, 4.69) is 35.6 Å². The molecular weight excluding hydrogens is 514 g/mol. The van der Waals surface area contributed by atoms with Gasteiger partial charge in [-0.3, -0.25) is 0 Å². The van der Waals surface area contributed by atoms with E-state index in [9.17, 15) is 9.90 Å². The Morgan fingerprint density at radius 1 is 0.949 bits per heavy atom. The Labute approximate surface area is 238 Å². The molecular formula is C32H42ClNO5. The van der Waals surface area contributed by atoms with Crippen LogP contribution in [-0.2, 0) is 15.9 Å². The molecule has 2 aromatic carbocycles. The Kier molecular flexibility index (Phi) is 14.1. The molecule has 1 unspecified atom stereocenters. The van der Waals surface area contributed by atoms with Crippen molar-refractivity contribution in [1.82, 2.24) is 5.32 Å². The van der Waals surface area contributed by atoms with Gasteiger partial charge in [0.15, 0.2) is 5.75 Å². The van der Waals surface area contributed by atoms with Crippen LogP contribution in [0.2, 0.25) is 0 Å². The van der Waals surface area contributed by atoms with Crippen molar-refractivity contribution in [2.75, 3.05) is 39.5 Å². The molecule has 0 fully saturated rings. The van der Waals surface area contributed by atoms with Gasteiger partial charge in [-0.2, -0.15) is 0 Å². The van der Waals surface area contributed by atoms with Crippen LogP contribution in [0.3, 0.4) is 0 Å². The van der Waals surface area contributed by atoms with E-state index in [1.54, 1.807) is 24.3 Å². The first-order valence-electron chi connectivity index (χ1n) is 14.0. The molecule has 1 atom stereocenters. The number of aliphatic hydroxyl groups excluding tert-OH is 1. The molecule has 39 heavy (non-hydrogen) atoms. The maximum atomic E-state index is 12.5. The lowest BCUT2D eigenvalue weighted by Crippen LogP contribution is -2.38. The molecule has 0 saturated carbocycles. The Bertz CT molecular complexity index is 1040. The normalized spacial score (nSPS) is 16.6. The summed E-state index contributed by atoms with van der Waals surface area (Å²) in [6.07, 6.45) is 14.4. The number of benzene rings is 2. The third-order valence-corrected chi connectivity index (χ3v) is 7.14. The standard InChI is InChI=1S/C32H42ClNO5/c33-39-30-18-7-6-17-29(30)31(36)38-24-28-16-12-19-32(23-28,26-35)25-34-20-9-1-2-10-21-37-22-11-8-15-27-13-4-3-5-14-27/h3-7,12-14,16-19,34-35H,1-2,8-11,15,20-26H2. The molecule has 212 valence electrons. The van der Waals surface area contributed by atoms with Gasteiger partial charge in [0, 0.05) is 25.2 Å². The quantitative estimate of drug-likeness (QED) is 0.154. The predicted octanol–water partition coefficient (Wildman–Crippen LogP) is 6.43. The zero-order chi connectivity index (χ0) is 27.6. The van der Waals surface area contributed by atoms with Gasteiger partial charge >= 0.3 is 5.97 Å². The van der Waals surface area contributed by atoms with Crippen LogP contribution < -0.4 is 9.61 Å². The summed E-state index contributed by atoms with van der Waals surface area (Å²) in [5, 5.41) is 13.7. The third kappa shape index (κ3) is 11.2. The molecule has 3 rings (SSSR count). The Morgan fingerprint density at radius 3 is 2.49 bits per heavy atom. The molecule has 1 aliphatic rings. The Hall–Kier alpha value is -2.64. The van der Waals surface area contributed by atoms with Crippen LogP contribution in [0.25, 0.3) is 0 Å². The van der Waals surface area contributed by atoms with Crippen LogP contribution in [0.1, 0.15) is 60.9 Å². The minimum atomic E-state index is -0.497. The summed E-state index contributed by atoms with van der Waals surface area (Å²) >= 11 is 5.45. The van der Waals surface area contributed by atoms with Crippen LogP contribution >= 0.6 is 11.9 Å². The summed E-state index contributed by atoms with van der Waals surface area (Å²) in [4.78, 5) is 12.5. The van der Waals surface area contributed by atoms with Crippen molar-refractivity contribution in [3.05, 3.63) is 89.5 Å². The summed E-state index contributed by atoms with van der Waals surface area (Å²) in [6.45, 7) is 3.42. The van der Waals surface area contributed by atoms with Gasteiger partial charge in [-0.25, -0.2) is 4.79 Å². The first-order chi connectivity index (χ1) is 19.2. The molecule has 2 N–H and O–H groups in total. The lowest BCUT2D eigenvalue weighted by Gasteiger charge is -2.32. The van der Waals surface area contributed by atoms with E-state index in [-0.39, 0.29) is 24.5 Å². The van der Waals surface area contributed by atoms with E-state index in [1.165, 1.54) is 12.0 Å². The highest BCUT2D eigenvalue weighted by molar-refractivity contribution is 6.10. The second-order valence-electron chi connectivity index (χ2n) is 10.2. The fraction of sp³-hybridized carbons (Fsp3) is 0.469. The average molecular weight is 556 g/mol. The second-order valence-corrected chi connectivity index (χ2v) is 10.3. The van der Waals surface area contributed by atoms with Crippen LogP contribution in [0.4, 0.5) is 0 Å². The lowest BCUT2D eigenvalue weighted by molar-refractivity contribution is 0.0527. The number of nitrogens with one attached hydrogen (secondary N) is 1. The number of allylic oxidation sites excluding steroid dienone is 2. The fourth-order valence-electron chi connectivity index (χ4n) is 4.71. The molecule has 6 nitrogen and oxygen atoms in total. The number of halogens is 1. The van der Waals surface area contributed by atoms with E-state index in [0.717, 1.165) is 63.9 Å². The molecule has 0 radical (unpaired) electrons. The lowest BCUT2D eigenvalue weighted by atomic mass is 9.79. The van der Waals surface area contributed by atoms with E-state index in [4.69, 9.17) is 25.6 Å². The summed E-state index contributed by atoms with van der Waals surface area (Å²) in [5.41, 5.74) is 2.22. The molecule has 0 aliphatic heterocycles. The number of rotatable bonds is 19. The van der Waals surface area contributed by atoms with Gasteiger partial charge < -0.3 is 24.2 Å². The maximum Gasteiger partial charge on any atom is 0.342 e. The van der Waals surface area contributed by atoms with E-state index in [1.807, 2.05) is 18.2 Å². The molecule has 0 spiro atoms. The number of para-hydroxylation sites is 1. The molecule has 0 amide bonds. The largest absolute Gasteiger partial charge is 0.457 e. The van der Waals surface area contributed by atoms with Crippen molar-refractivity contribution in [3.8, 4) is 5.75 Å². The summed E-state index contributed by atoms with van der Waals surface area (Å²) in [5.74, 6) is -0.236. The second kappa shape index (κ2) is 17.9. The van der Waals surface area contributed by atoms with Crippen LogP contribution in [0.5, 0.6) is 5.75 Å². The van der Waals surface area contributed by atoms with Crippen LogP contribution in [0, 0.1) is 5.41 Å². The Balaban J connectivity index is 1.22. The topological polar surface area (TPSA) is 77.0 Å². The summed E-state index contributed by atoms with van der Waals surface area (Å²) < 4.78 is 16.0. The highest BCUT2D eigenvalue weighted by atomic mass is 35.5. The molecule has 0 aromatic heterocycles. The number of carbonyl (C=O) groups excluding carboxylic acids is 1. The molecule has 2 aromatic rings. The predicted molar refractivity (Wildman–Crippen MR) is 156 cm³/mol.